The molecule has 0 spiro atoms. The Morgan fingerprint density at radius 1 is 0.879 bits per heavy atom. The minimum absolute atomic E-state index is 0.321. The van der Waals surface area contributed by atoms with Gasteiger partial charge in [0.05, 0.1) is 10.6 Å². The van der Waals surface area contributed by atoms with Crippen LogP contribution in [0.2, 0.25) is 0 Å². The Balaban J connectivity index is 2.06. The normalized spacial score (nSPS) is 11.5. The molecule has 0 fully saturated rings. The number of sulfone groups is 1. The van der Waals surface area contributed by atoms with E-state index in [1.165, 1.54) is 0 Å². The smallest absolute Gasteiger partial charge is 0.209 e. The Bertz CT molecular complexity index is 1350. The maximum Gasteiger partial charge on any atom is 0.209 e. The van der Waals surface area contributed by atoms with Crippen LogP contribution in [-0.4, -0.2) is 13.0 Å². The maximum absolute atomic E-state index is 14.1. The van der Waals surface area contributed by atoms with Gasteiger partial charge in [-0.2, -0.15) is 0 Å². The van der Waals surface area contributed by atoms with Crippen molar-refractivity contribution in [2.75, 3.05) is 0 Å². The van der Waals surface area contributed by atoms with Crippen molar-refractivity contribution in [3.05, 3.63) is 120 Å². The molecule has 0 bridgehead atoms. The first-order valence-corrected chi connectivity index (χ1v) is 12.7. The minimum Gasteiger partial charge on any atom is -0.339 e. The van der Waals surface area contributed by atoms with Gasteiger partial charge in [0.25, 0.3) is 0 Å². The molecule has 0 aliphatic heterocycles. The molecule has 33 heavy (non-hydrogen) atoms. The zero-order valence-electron chi connectivity index (χ0n) is 19.2. The van der Waals surface area contributed by atoms with Gasteiger partial charge in [0.1, 0.15) is 4.90 Å². The zero-order chi connectivity index (χ0) is 23.4. The van der Waals surface area contributed by atoms with E-state index < -0.39 is 9.84 Å². The van der Waals surface area contributed by atoms with Crippen molar-refractivity contribution >= 4 is 9.84 Å². The van der Waals surface area contributed by atoms with Crippen LogP contribution in [0.25, 0.3) is 11.3 Å². The first-order chi connectivity index (χ1) is 16.0. The summed E-state index contributed by atoms with van der Waals surface area (Å²) in [7, 11) is -3.74. The standard InChI is InChI=1S/C29H29NO2S/c1-4-20-30-27(21-23-12-8-6-9-13-23)26(5-2)29(28(30)24-14-10-7-11-15-24)33(31,32)25-18-16-22(3)17-19-25/h4,6-19H,1,5,20-21H2,2-3H3. The molecule has 3 aromatic carbocycles. The third-order valence-corrected chi connectivity index (χ3v) is 7.83. The number of hydrogen-bond donors (Lipinski definition) is 0. The fraction of sp³-hybridized carbons (Fsp3) is 0.172. The van der Waals surface area contributed by atoms with E-state index >= 15 is 0 Å². The summed E-state index contributed by atoms with van der Waals surface area (Å²) < 4.78 is 30.3. The molecule has 4 heteroatoms. The highest BCUT2D eigenvalue weighted by molar-refractivity contribution is 7.91. The Morgan fingerprint density at radius 2 is 1.48 bits per heavy atom. The van der Waals surface area contributed by atoms with Crippen LogP contribution in [0.15, 0.2) is 107 Å². The number of benzene rings is 3. The second-order valence-corrected chi connectivity index (χ2v) is 10.1. The molecule has 0 aliphatic rings. The lowest BCUT2D eigenvalue weighted by Gasteiger charge is -2.13. The van der Waals surface area contributed by atoms with Crippen molar-refractivity contribution in [3.8, 4) is 11.3 Å². The van der Waals surface area contributed by atoms with Gasteiger partial charge in [-0.15, -0.1) is 6.58 Å². The van der Waals surface area contributed by atoms with Gasteiger partial charge < -0.3 is 4.57 Å². The highest BCUT2D eigenvalue weighted by atomic mass is 32.2. The Labute approximate surface area is 197 Å². The van der Waals surface area contributed by atoms with E-state index in [1.54, 1.807) is 12.1 Å². The molecule has 0 unspecified atom stereocenters. The van der Waals surface area contributed by atoms with E-state index in [0.717, 1.165) is 33.6 Å². The molecule has 168 valence electrons. The number of rotatable bonds is 8. The quantitative estimate of drug-likeness (QED) is 0.280. The average molecular weight is 456 g/mol. The predicted octanol–water partition coefficient (Wildman–Crippen LogP) is 6.64. The summed E-state index contributed by atoms with van der Waals surface area (Å²) in [5.41, 5.74) is 5.70. The number of allylic oxidation sites excluding steroid dienone is 1. The van der Waals surface area contributed by atoms with Crippen LogP contribution < -0.4 is 0 Å². The fourth-order valence-corrected chi connectivity index (χ4v) is 6.19. The molecule has 0 N–H and O–H groups in total. The van der Waals surface area contributed by atoms with Crippen LogP contribution in [0.4, 0.5) is 0 Å². The maximum atomic E-state index is 14.1. The first-order valence-electron chi connectivity index (χ1n) is 11.2. The van der Waals surface area contributed by atoms with Gasteiger partial charge in [0, 0.05) is 18.7 Å². The van der Waals surface area contributed by atoms with E-state index in [1.807, 2.05) is 80.6 Å². The summed E-state index contributed by atoms with van der Waals surface area (Å²) in [5.74, 6) is 0. The molecule has 1 heterocycles. The molecule has 1 aromatic heterocycles. The van der Waals surface area contributed by atoms with Crippen LogP contribution in [0.3, 0.4) is 0 Å². The number of hydrogen-bond acceptors (Lipinski definition) is 2. The second-order valence-electron chi connectivity index (χ2n) is 8.20. The molecule has 0 saturated carbocycles. The molecule has 0 atom stereocenters. The molecule has 4 aromatic rings. The van der Waals surface area contributed by atoms with E-state index in [4.69, 9.17) is 0 Å². The van der Waals surface area contributed by atoms with Gasteiger partial charge in [-0.05, 0) is 42.2 Å². The van der Waals surface area contributed by atoms with Gasteiger partial charge >= 0.3 is 0 Å². The molecule has 4 rings (SSSR count). The van der Waals surface area contributed by atoms with Crippen molar-refractivity contribution in [1.29, 1.82) is 0 Å². The fourth-order valence-electron chi connectivity index (χ4n) is 4.39. The van der Waals surface area contributed by atoms with Gasteiger partial charge in [-0.25, -0.2) is 8.42 Å². The minimum atomic E-state index is -3.74. The summed E-state index contributed by atoms with van der Waals surface area (Å²) in [6, 6.07) is 27.1. The van der Waals surface area contributed by atoms with Crippen LogP contribution in [-0.2, 0) is 29.2 Å². The molecule has 0 amide bonds. The van der Waals surface area contributed by atoms with E-state index in [-0.39, 0.29) is 0 Å². The van der Waals surface area contributed by atoms with Crippen molar-refractivity contribution < 1.29 is 8.42 Å². The molecule has 3 nitrogen and oxygen atoms in total. The van der Waals surface area contributed by atoms with Crippen molar-refractivity contribution in [3.63, 3.8) is 0 Å². The lowest BCUT2D eigenvalue weighted by molar-refractivity contribution is 0.595. The van der Waals surface area contributed by atoms with Crippen LogP contribution in [0.5, 0.6) is 0 Å². The molecule has 0 saturated heterocycles. The van der Waals surface area contributed by atoms with Crippen LogP contribution in [0, 0.1) is 6.92 Å². The highest BCUT2D eigenvalue weighted by Gasteiger charge is 2.32. The van der Waals surface area contributed by atoms with Crippen LogP contribution in [0.1, 0.15) is 29.3 Å². The summed E-state index contributed by atoms with van der Waals surface area (Å²) >= 11 is 0. The Morgan fingerprint density at radius 3 is 2.06 bits per heavy atom. The summed E-state index contributed by atoms with van der Waals surface area (Å²) in [6.45, 7) is 8.49. The summed E-state index contributed by atoms with van der Waals surface area (Å²) in [6.07, 6.45) is 3.11. The monoisotopic (exact) mass is 455 g/mol. The first kappa shape index (κ1) is 22.8. The molecule has 0 radical (unpaired) electrons. The van der Waals surface area contributed by atoms with Gasteiger partial charge in [-0.3, -0.25) is 0 Å². The van der Waals surface area contributed by atoms with Crippen molar-refractivity contribution in [1.82, 2.24) is 4.57 Å². The van der Waals surface area contributed by atoms with Gasteiger partial charge in [-0.1, -0.05) is 91.4 Å². The van der Waals surface area contributed by atoms with E-state index in [9.17, 15) is 8.42 Å². The summed E-state index contributed by atoms with van der Waals surface area (Å²) in [5, 5.41) is 0. The predicted molar refractivity (Wildman–Crippen MR) is 135 cm³/mol. The zero-order valence-corrected chi connectivity index (χ0v) is 20.0. The molecular weight excluding hydrogens is 426 g/mol. The number of aromatic nitrogens is 1. The third-order valence-electron chi connectivity index (χ3n) is 5.96. The topological polar surface area (TPSA) is 39.1 Å². The summed E-state index contributed by atoms with van der Waals surface area (Å²) in [4.78, 5) is 0.731. The largest absolute Gasteiger partial charge is 0.339 e. The van der Waals surface area contributed by atoms with Crippen molar-refractivity contribution in [2.45, 2.75) is 43.0 Å². The third kappa shape index (κ3) is 4.44. The molecule has 0 aliphatic carbocycles. The van der Waals surface area contributed by atoms with Crippen molar-refractivity contribution in [2.24, 2.45) is 0 Å². The Hall–Kier alpha value is -3.37. The lowest BCUT2D eigenvalue weighted by Crippen LogP contribution is -2.07. The van der Waals surface area contributed by atoms with E-state index in [2.05, 4.69) is 23.3 Å². The second kappa shape index (κ2) is 9.63. The van der Waals surface area contributed by atoms with Gasteiger partial charge in [0.2, 0.25) is 9.84 Å². The van der Waals surface area contributed by atoms with Gasteiger partial charge in [0.15, 0.2) is 0 Å². The number of aryl methyl sites for hydroxylation is 1. The highest BCUT2D eigenvalue weighted by Crippen LogP contribution is 2.39. The number of nitrogens with zero attached hydrogens (tertiary/aromatic N) is 1. The van der Waals surface area contributed by atoms with E-state index in [0.29, 0.717) is 29.2 Å². The molecular formula is C29H29NO2S. The van der Waals surface area contributed by atoms with Crippen LogP contribution >= 0.6 is 0 Å². The lowest BCUT2D eigenvalue weighted by atomic mass is 10.1. The average Bonchev–Trinajstić information content (AvgIpc) is 3.14. The Kier molecular flexibility index (Phi) is 6.66. The SMILES string of the molecule is C=CCn1c(Cc2ccccc2)c(CC)c(S(=O)(=O)c2ccc(C)cc2)c1-c1ccccc1.